The third-order valence-electron chi connectivity index (χ3n) is 5.18. The third kappa shape index (κ3) is 3.69. The molecule has 4 rings (SSSR count). The lowest BCUT2D eigenvalue weighted by Crippen LogP contribution is -2.18. The molecule has 1 N–H and O–H groups in total. The average molecular weight is 371 g/mol. The van der Waals surface area contributed by atoms with Crippen LogP contribution in [-0.4, -0.2) is 25.2 Å². The van der Waals surface area contributed by atoms with E-state index in [1.807, 2.05) is 19.2 Å². The molecule has 0 aliphatic carbocycles. The number of nitrogens with one attached hydrogen (secondary N) is 1. The molecule has 0 saturated carbocycles. The highest BCUT2D eigenvalue weighted by atomic mass is 16.5. The standard InChI is InChI=1S/C24H25N3O/c1-16(20-10-6-8-19-7-4-5-9-21(19)20)25-14-18-11-12-24(28-3)22(13-18)23-15-26-17(2)27-23/h4-13,15-17,25H,14H2,1-3H3. The molecule has 1 aliphatic heterocycles. The lowest BCUT2D eigenvalue weighted by atomic mass is 9.99. The highest BCUT2D eigenvalue weighted by molar-refractivity contribution is 6.40. The molecule has 0 radical (unpaired) electrons. The van der Waals surface area contributed by atoms with Gasteiger partial charge in [0.15, 0.2) is 0 Å². The zero-order valence-corrected chi connectivity index (χ0v) is 16.5. The molecule has 0 bridgehead atoms. The molecule has 142 valence electrons. The number of benzene rings is 3. The van der Waals surface area contributed by atoms with Gasteiger partial charge in [-0.1, -0.05) is 48.5 Å². The minimum Gasteiger partial charge on any atom is -0.496 e. The Morgan fingerprint density at radius 2 is 1.89 bits per heavy atom. The Morgan fingerprint density at radius 1 is 1.07 bits per heavy atom. The Hall–Kier alpha value is -2.98. The van der Waals surface area contributed by atoms with Gasteiger partial charge in [0.1, 0.15) is 11.9 Å². The summed E-state index contributed by atoms with van der Waals surface area (Å²) in [4.78, 5) is 8.92. The highest BCUT2D eigenvalue weighted by Gasteiger charge is 2.15. The van der Waals surface area contributed by atoms with Crippen molar-refractivity contribution in [3.8, 4) is 5.75 Å². The fraction of sp³-hybridized carbons (Fsp3) is 0.250. The predicted molar refractivity (Wildman–Crippen MR) is 117 cm³/mol. The zero-order valence-electron chi connectivity index (χ0n) is 16.5. The van der Waals surface area contributed by atoms with Crippen LogP contribution in [0.15, 0.2) is 70.6 Å². The van der Waals surface area contributed by atoms with Crippen molar-refractivity contribution in [3.05, 3.63) is 77.4 Å². The van der Waals surface area contributed by atoms with E-state index in [4.69, 9.17) is 4.74 Å². The van der Waals surface area contributed by atoms with E-state index >= 15 is 0 Å². The molecule has 3 aromatic rings. The molecule has 2 atom stereocenters. The van der Waals surface area contributed by atoms with Gasteiger partial charge in [-0.25, -0.2) is 0 Å². The van der Waals surface area contributed by atoms with Crippen LogP contribution in [0.1, 0.15) is 36.6 Å². The molecule has 0 saturated heterocycles. The topological polar surface area (TPSA) is 46.0 Å². The van der Waals surface area contributed by atoms with Crippen molar-refractivity contribution in [1.82, 2.24) is 5.32 Å². The summed E-state index contributed by atoms with van der Waals surface area (Å²) in [6, 6.07) is 21.5. The Labute approximate surface area is 166 Å². The first-order valence-corrected chi connectivity index (χ1v) is 9.65. The summed E-state index contributed by atoms with van der Waals surface area (Å²) < 4.78 is 5.53. The van der Waals surface area contributed by atoms with Gasteiger partial charge in [-0.2, -0.15) is 0 Å². The van der Waals surface area contributed by atoms with Crippen LogP contribution in [0.3, 0.4) is 0 Å². The number of hydrogen-bond donors (Lipinski definition) is 1. The Morgan fingerprint density at radius 3 is 2.68 bits per heavy atom. The maximum absolute atomic E-state index is 5.53. The van der Waals surface area contributed by atoms with Crippen molar-refractivity contribution in [2.24, 2.45) is 9.98 Å². The van der Waals surface area contributed by atoms with E-state index in [9.17, 15) is 0 Å². The summed E-state index contributed by atoms with van der Waals surface area (Å²) in [6.45, 7) is 4.95. The summed E-state index contributed by atoms with van der Waals surface area (Å²) in [5.74, 6) is 0.824. The van der Waals surface area contributed by atoms with E-state index in [2.05, 4.69) is 76.8 Å². The largest absolute Gasteiger partial charge is 0.496 e. The summed E-state index contributed by atoms with van der Waals surface area (Å²) in [5, 5.41) is 6.23. The maximum atomic E-state index is 5.53. The number of nitrogens with zero attached hydrogens (tertiary/aromatic N) is 2. The molecule has 3 aromatic carbocycles. The predicted octanol–water partition coefficient (Wildman–Crippen LogP) is 4.92. The van der Waals surface area contributed by atoms with Crippen molar-refractivity contribution >= 4 is 22.7 Å². The second-order valence-electron chi connectivity index (χ2n) is 7.13. The SMILES string of the molecule is COc1ccc(CNC(C)c2cccc3ccccc23)cc1C1=NC(C)N=C1. The number of fused-ring (bicyclic) bond motifs is 1. The van der Waals surface area contributed by atoms with Crippen LogP contribution in [0.4, 0.5) is 0 Å². The molecule has 1 heterocycles. The number of hydrogen-bond acceptors (Lipinski definition) is 4. The van der Waals surface area contributed by atoms with Gasteiger partial charge in [0, 0.05) is 24.4 Å². The number of aliphatic imine (C=N–C) groups is 2. The van der Waals surface area contributed by atoms with Crippen molar-refractivity contribution in [2.75, 3.05) is 7.11 Å². The van der Waals surface area contributed by atoms with Gasteiger partial charge in [0.25, 0.3) is 0 Å². The van der Waals surface area contributed by atoms with Crippen molar-refractivity contribution in [1.29, 1.82) is 0 Å². The van der Waals surface area contributed by atoms with E-state index in [0.29, 0.717) is 0 Å². The molecular formula is C24H25N3O. The lowest BCUT2D eigenvalue weighted by molar-refractivity contribution is 0.413. The molecule has 1 aliphatic rings. The summed E-state index contributed by atoms with van der Waals surface area (Å²) in [5.41, 5.74) is 4.38. The molecule has 0 aromatic heterocycles. The first-order chi connectivity index (χ1) is 13.7. The third-order valence-corrected chi connectivity index (χ3v) is 5.18. The van der Waals surface area contributed by atoms with Gasteiger partial charge in [0.05, 0.1) is 12.8 Å². The summed E-state index contributed by atoms with van der Waals surface area (Å²) in [6.07, 6.45) is 1.81. The fourth-order valence-corrected chi connectivity index (χ4v) is 3.66. The molecule has 0 amide bonds. The van der Waals surface area contributed by atoms with Gasteiger partial charge < -0.3 is 10.1 Å². The van der Waals surface area contributed by atoms with Crippen LogP contribution in [0.2, 0.25) is 0 Å². The Kier molecular flexibility index (Phi) is 5.22. The van der Waals surface area contributed by atoms with Gasteiger partial charge in [0.2, 0.25) is 0 Å². The smallest absolute Gasteiger partial charge is 0.137 e. The average Bonchev–Trinajstić information content (AvgIpc) is 3.17. The second kappa shape index (κ2) is 7.95. The highest BCUT2D eigenvalue weighted by Crippen LogP contribution is 2.26. The van der Waals surface area contributed by atoms with E-state index in [1.54, 1.807) is 7.11 Å². The molecule has 4 heteroatoms. The van der Waals surface area contributed by atoms with Gasteiger partial charge in [-0.3, -0.25) is 9.98 Å². The summed E-state index contributed by atoms with van der Waals surface area (Å²) >= 11 is 0. The maximum Gasteiger partial charge on any atom is 0.137 e. The van der Waals surface area contributed by atoms with Crippen LogP contribution in [0.25, 0.3) is 10.8 Å². The van der Waals surface area contributed by atoms with E-state index in [0.717, 1.165) is 23.6 Å². The van der Waals surface area contributed by atoms with Crippen molar-refractivity contribution in [3.63, 3.8) is 0 Å². The monoisotopic (exact) mass is 371 g/mol. The van der Waals surface area contributed by atoms with Gasteiger partial charge in [-0.15, -0.1) is 0 Å². The minimum absolute atomic E-state index is 0.0205. The fourth-order valence-electron chi connectivity index (χ4n) is 3.66. The zero-order chi connectivity index (χ0) is 19.5. The normalized spacial score (nSPS) is 17.0. The second-order valence-corrected chi connectivity index (χ2v) is 7.13. The van der Waals surface area contributed by atoms with Crippen LogP contribution in [-0.2, 0) is 6.54 Å². The van der Waals surface area contributed by atoms with Crippen LogP contribution in [0.5, 0.6) is 5.75 Å². The Balaban J connectivity index is 1.55. The van der Waals surface area contributed by atoms with Crippen LogP contribution >= 0.6 is 0 Å². The first kappa shape index (κ1) is 18.4. The number of ether oxygens (including phenoxy) is 1. The Bertz CT molecular complexity index is 1050. The molecule has 0 fully saturated rings. The van der Waals surface area contributed by atoms with Crippen molar-refractivity contribution < 1.29 is 4.74 Å². The summed E-state index contributed by atoms with van der Waals surface area (Å²) in [7, 11) is 1.69. The van der Waals surface area contributed by atoms with Gasteiger partial charge in [-0.05, 0) is 47.9 Å². The van der Waals surface area contributed by atoms with Crippen LogP contribution in [0, 0.1) is 0 Å². The molecule has 28 heavy (non-hydrogen) atoms. The van der Waals surface area contributed by atoms with E-state index in [-0.39, 0.29) is 12.2 Å². The van der Waals surface area contributed by atoms with Gasteiger partial charge >= 0.3 is 0 Å². The van der Waals surface area contributed by atoms with Crippen LogP contribution < -0.4 is 10.1 Å². The molecule has 4 nitrogen and oxygen atoms in total. The van der Waals surface area contributed by atoms with E-state index < -0.39 is 0 Å². The number of methoxy groups -OCH3 is 1. The quantitative estimate of drug-likeness (QED) is 0.668. The molecule has 0 spiro atoms. The minimum atomic E-state index is -0.0205. The first-order valence-electron chi connectivity index (χ1n) is 9.65. The van der Waals surface area contributed by atoms with E-state index in [1.165, 1.54) is 21.9 Å². The van der Waals surface area contributed by atoms with Crippen molar-refractivity contribution in [2.45, 2.75) is 32.6 Å². The molecular weight excluding hydrogens is 346 g/mol. The number of rotatable bonds is 6. The molecule has 2 unspecified atom stereocenters. The lowest BCUT2D eigenvalue weighted by Gasteiger charge is -2.17.